The topological polar surface area (TPSA) is 94.1 Å². The highest BCUT2D eigenvalue weighted by Crippen LogP contribution is 2.28. The Kier molecular flexibility index (Phi) is 6.37. The van der Waals surface area contributed by atoms with Crippen molar-refractivity contribution in [2.45, 2.75) is 25.3 Å². The number of nitrogens with one attached hydrogen (secondary N) is 1. The van der Waals surface area contributed by atoms with Gasteiger partial charge in [0.05, 0.1) is 20.3 Å². The van der Waals surface area contributed by atoms with Crippen LogP contribution in [0.1, 0.15) is 30.0 Å². The minimum Gasteiger partial charge on any atom is -0.497 e. The number of hydrogen-bond donors (Lipinski definition) is 2. The summed E-state index contributed by atoms with van der Waals surface area (Å²) in [7, 11) is 1.59. The predicted molar refractivity (Wildman–Crippen MR) is 102 cm³/mol. The fourth-order valence-corrected chi connectivity index (χ4v) is 3.00. The molecule has 0 fully saturated rings. The van der Waals surface area contributed by atoms with Gasteiger partial charge in [0, 0.05) is 12.8 Å². The van der Waals surface area contributed by atoms with Gasteiger partial charge < -0.3 is 24.6 Å². The summed E-state index contributed by atoms with van der Waals surface area (Å²) in [4.78, 5) is 23.8. The van der Waals surface area contributed by atoms with Crippen LogP contribution in [0.15, 0.2) is 42.5 Å². The van der Waals surface area contributed by atoms with Crippen LogP contribution < -0.4 is 19.5 Å². The molecule has 0 saturated heterocycles. The van der Waals surface area contributed by atoms with Gasteiger partial charge in [0.15, 0.2) is 6.04 Å². The molecule has 0 saturated carbocycles. The molecule has 2 aromatic carbocycles. The monoisotopic (exact) mass is 385 g/mol. The van der Waals surface area contributed by atoms with Gasteiger partial charge >= 0.3 is 5.97 Å². The van der Waals surface area contributed by atoms with Crippen LogP contribution in [0.4, 0.5) is 0 Å². The van der Waals surface area contributed by atoms with Crippen molar-refractivity contribution in [3.8, 4) is 17.2 Å². The van der Waals surface area contributed by atoms with Crippen molar-refractivity contribution in [2.75, 3.05) is 20.3 Å². The van der Waals surface area contributed by atoms with Crippen LogP contribution in [0.2, 0.25) is 0 Å². The van der Waals surface area contributed by atoms with Gasteiger partial charge in [-0.15, -0.1) is 0 Å². The molecule has 3 rings (SSSR count). The molecule has 0 spiro atoms. The molecule has 7 heteroatoms. The Morgan fingerprint density at radius 2 is 1.93 bits per heavy atom. The van der Waals surface area contributed by atoms with Gasteiger partial charge in [0.2, 0.25) is 5.91 Å². The van der Waals surface area contributed by atoms with Crippen LogP contribution in [0, 0.1) is 0 Å². The molecule has 148 valence electrons. The number of carbonyl (C=O) groups excluding carboxylic acids is 1. The van der Waals surface area contributed by atoms with Gasteiger partial charge in [-0.2, -0.15) is 0 Å². The van der Waals surface area contributed by atoms with Crippen molar-refractivity contribution in [3.63, 3.8) is 0 Å². The lowest BCUT2D eigenvalue weighted by Gasteiger charge is -2.16. The zero-order valence-corrected chi connectivity index (χ0v) is 15.6. The van der Waals surface area contributed by atoms with Crippen molar-refractivity contribution < 1.29 is 28.9 Å². The minimum atomic E-state index is -1.10. The maximum atomic E-state index is 12.2. The average Bonchev–Trinajstić information content (AvgIpc) is 3.17. The summed E-state index contributed by atoms with van der Waals surface area (Å²) >= 11 is 0. The van der Waals surface area contributed by atoms with E-state index in [1.165, 1.54) is 0 Å². The Bertz CT molecular complexity index is 833. The van der Waals surface area contributed by atoms with Crippen molar-refractivity contribution in [3.05, 3.63) is 53.6 Å². The van der Waals surface area contributed by atoms with Crippen molar-refractivity contribution in [1.82, 2.24) is 5.32 Å². The summed E-state index contributed by atoms with van der Waals surface area (Å²) in [6.45, 7) is 0.949. The van der Waals surface area contributed by atoms with Crippen LogP contribution in [0.3, 0.4) is 0 Å². The Morgan fingerprint density at radius 3 is 2.64 bits per heavy atom. The molecule has 1 unspecified atom stereocenters. The molecule has 0 bridgehead atoms. The number of carboxylic acids is 1. The maximum Gasteiger partial charge on any atom is 0.330 e. The molecule has 2 N–H and O–H groups in total. The van der Waals surface area contributed by atoms with E-state index in [4.69, 9.17) is 14.2 Å². The summed E-state index contributed by atoms with van der Waals surface area (Å²) in [5.41, 5.74) is 1.51. The second kappa shape index (κ2) is 9.12. The quantitative estimate of drug-likeness (QED) is 0.645. The molecule has 0 aliphatic carbocycles. The number of methoxy groups -OCH3 is 1. The highest BCUT2D eigenvalue weighted by atomic mass is 16.5. The van der Waals surface area contributed by atoms with E-state index in [9.17, 15) is 14.7 Å². The third-order valence-electron chi connectivity index (χ3n) is 4.48. The molecular weight excluding hydrogens is 362 g/mol. The highest BCUT2D eigenvalue weighted by molar-refractivity contribution is 5.84. The molecule has 7 nitrogen and oxygen atoms in total. The summed E-state index contributed by atoms with van der Waals surface area (Å²) < 4.78 is 16.1. The lowest BCUT2D eigenvalue weighted by atomic mass is 10.0. The molecule has 1 heterocycles. The number of ether oxygens (including phenoxy) is 3. The third-order valence-corrected chi connectivity index (χ3v) is 4.48. The van der Waals surface area contributed by atoms with E-state index in [-0.39, 0.29) is 12.3 Å². The molecule has 1 aliphatic rings. The minimum absolute atomic E-state index is 0.175. The maximum absolute atomic E-state index is 12.2. The van der Waals surface area contributed by atoms with Gasteiger partial charge in [0.1, 0.15) is 17.2 Å². The molecule has 0 radical (unpaired) electrons. The number of carbonyl (C=O) groups is 2. The van der Waals surface area contributed by atoms with Crippen LogP contribution in [-0.2, 0) is 16.0 Å². The van der Waals surface area contributed by atoms with Crippen molar-refractivity contribution in [2.24, 2.45) is 0 Å². The highest BCUT2D eigenvalue weighted by Gasteiger charge is 2.24. The van der Waals surface area contributed by atoms with E-state index >= 15 is 0 Å². The number of fused-ring (bicyclic) bond motifs is 1. The lowest BCUT2D eigenvalue weighted by molar-refractivity contribution is -0.142. The van der Waals surface area contributed by atoms with Gasteiger partial charge in [-0.1, -0.05) is 6.07 Å². The van der Waals surface area contributed by atoms with Crippen molar-refractivity contribution >= 4 is 11.9 Å². The van der Waals surface area contributed by atoms with E-state index < -0.39 is 12.0 Å². The average molecular weight is 385 g/mol. The molecule has 2 aromatic rings. The van der Waals surface area contributed by atoms with Gasteiger partial charge in [0.25, 0.3) is 0 Å². The van der Waals surface area contributed by atoms with Crippen LogP contribution in [0.25, 0.3) is 0 Å². The first-order chi connectivity index (χ1) is 13.6. The zero-order chi connectivity index (χ0) is 19.9. The normalized spacial score (nSPS) is 13.2. The first kappa shape index (κ1) is 19.5. The predicted octanol–water partition coefficient (Wildman–Crippen LogP) is 2.73. The number of hydrogen-bond acceptors (Lipinski definition) is 5. The Morgan fingerprint density at radius 1 is 1.18 bits per heavy atom. The molecule has 1 atom stereocenters. The van der Waals surface area contributed by atoms with Crippen LogP contribution in [-0.4, -0.2) is 37.3 Å². The largest absolute Gasteiger partial charge is 0.497 e. The number of rotatable bonds is 9. The lowest BCUT2D eigenvalue weighted by Crippen LogP contribution is -2.33. The molecule has 1 aliphatic heterocycles. The van der Waals surface area contributed by atoms with E-state index in [0.717, 1.165) is 23.5 Å². The van der Waals surface area contributed by atoms with Crippen molar-refractivity contribution in [1.29, 1.82) is 0 Å². The van der Waals surface area contributed by atoms with Crippen LogP contribution in [0.5, 0.6) is 17.2 Å². The number of carboxylic acid groups (broad SMARTS) is 1. The summed E-state index contributed by atoms with van der Waals surface area (Å²) in [5.74, 6) is 0.772. The zero-order valence-electron chi connectivity index (χ0n) is 15.6. The van der Waals surface area contributed by atoms with E-state index in [0.29, 0.717) is 30.9 Å². The van der Waals surface area contributed by atoms with Gasteiger partial charge in [-0.25, -0.2) is 4.79 Å². The Hall–Kier alpha value is -3.22. The fourth-order valence-electron chi connectivity index (χ4n) is 3.00. The third kappa shape index (κ3) is 4.94. The van der Waals surface area contributed by atoms with E-state index in [2.05, 4.69) is 5.32 Å². The molecular formula is C21H23NO6. The van der Waals surface area contributed by atoms with E-state index in [1.807, 2.05) is 0 Å². The Labute approximate surface area is 163 Å². The summed E-state index contributed by atoms with van der Waals surface area (Å²) in [6.07, 6.45) is 1.39. The number of benzene rings is 2. The second-order valence-corrected chi connectivity index (χ2v) is 6.43. The first-order valence-corrected chi connectivity index (χ1v) is 9.11. The molecule has 0 aromatic heterocycles. The number of amides is 1. The van der Waals surface area contributed by atoms with E-state index in [1.54, 1.807) is 49.6 Å². The summed E-state index contributed by atoms with van der Waals surface area (Å²) in [6, 6.07) is 11.3. The molecule has 1 amide bonds. The summed E-state index contributed by atoms with van der Waals surface area (Å²) in [5, 5.41) is 12.1. The fraction of sp³-hybridized carbons (Fsp3) is 0.333. The number of aliphatic carboxylic acids is 1. The smallest absolute Gasteiger partial charge is 0.330 e. The first-order valence-electron chi connectivity index (χ1n) is 9.11. The second-order valence-electron chi connectivity index (χ2n) is 6.43. The standard InChI is InChI=1S/C21H23NO6/c1-26-16-5-7-17(8-6-16)27-11-2-3-19(23)22-20(21(24)25)15-4-9-18-14(13-15)10-12-28-18/h4-9,13,20H,2-3,10-12H2,1H3,(H,22,23)(H,24,25). The van der Waals surface area contributed by atoms with Crippen LogP contribution >= 0.6 is 0 Å². The van der Waals surface area contributed by atoms with Gasteiger partial charge in [-0.05, 0) is 53.9 Å². The van der Waals surface area contributed by atoms with Gasteiger partial charge in [-0.3, -0.25) is 4.79 Å². The SMILES string of the molecule is COc1ccc(OCCCC(=O)NC(C(=O)O)c2ccc3c(c2)CCO3)cc1. The Balaban J connectivity index is 1.48. The molecule has 28 heavy (non-hydrogen) atoms.